The van der Waals surface area contributed by atoms with Crippen molar-refractivity contribution in [1.29, 1.82) is 0 Å². The number of likely N-dealkylation sites (tertiary alicyclic amines) is 1. The number of nitrogens with zero attached hydrogens (tertiary/aromatic N) is 3. The molecule has 1 atom stereocenters. The number of aromatic nitrogens is 2. The first-order valence-corrected chi connectivity index (χ1v) is 9.45. The Balaban J connectivity index is 1.50. The van der Waals surface area contributed by atoms with Gasteiger partial charge in [-0.3, -0.25) is 9.69 Å². The Hall–Kier alpha value is -2.21. The second kappa shape index (κ2) is 8.94. The Morgan fingerprint density at radius 3 is 2.88 bits per heavy atom. The van der Waals surface area contributed by atoms with E-state index in [1.165, 1.54) is 24.0 Å². The van der Waals surface area contributed by atoms with Gasteiger partial charge in [-0.1, -0.05) is 36.3 Å². The molecule has 1 amide bonds. The summed E-state index contributed by atoms with van der Waals surface area (Å²) in [5, 5.41) is 6.75. The average molecular weight is 356 g/mol. The molecule has 0 bridgehead atoms. The lowest BCUT2D eigenvalue weighted by atomic mass is 9.99. The fourth-order valence-corrected chi connectivity index (χ4v) is 3.50. The van der Waals surface area contributed by atoms with E-state index in [2.05, 4.69) is 45.5 Å². The van der Waals surface area contributed by atoms with E-state index in [1.54, 1.807) is 6.92 Å². The van der Waals surface area contributed by atoms with E-state index < -0.39 is 0 Å². The van der Waals surface area contributed by atoms with Crippen molar-refractivity contribution in [3.63, 3.8) is 0 Å². The molecule has 1 aliphatic rings. The predicted octanol–water partition coefficient (Wildman–Crippen LogP) is 2.86. The van der Waals surface area contributed by atoms with Gasteiger partial charge in [0.25, 0.3) is 0 Å². The summed E-state index contributed by atoms with van der Waals surface area (Å²) in [6.45, 7) is 7.92. The van der Waals surface area contributed by atoms with Crippen LogP contribution in [0.25, 0.3) is 0 Å². The van der Waals surface area contributed by atoms with Crippen molar-refractivity contribution in [2.75, 3.05) is 13.1 Å². The number of hydrogen-bond acceptors (Lipinski definition) is 5. The lowest BCUT2D eigenvalue weighted by molar-refractivity contribution is -0.121. The van der Waals surface area contributed by atoms with E-state index in [-0.39, 0.29) is 5.91 Å². The topological polar surface area (TPSA) is 71.3 Å². The number of hydrogen-bond donors (Lipinski definition) is 1. The predicted molar refractivity (Wildman–Crippen MR) is 99.3 cm³/mol. The molecule has 1 saturated heterocycles. The lowest BCUT2D eigenvalue weighted by Gasteiger charge is -2.31. The summed E-state index contributed by atoms with van der Waals surface area (Å²) in [5.41, 5.74) is 2.49. The minimum atomic E-state index is 0.00208. The third-order valence-electron chi connectivity index (χ3n) is 4.87. The van der Waals surface area contributed by atoms with Crippen molar-refractivity contribution in [1.82, 2.24) is 20.4 Å². The zero-order chi connectivity index (χ0) is 18.4. The molecule has 2 heterocycles. The Bertz CT molecular complexity index is 728. The molecule has 1 aliphatic heterocycles. The van der Waals surface area contributed by atoms with Crippen molar-refractivity contribution in [3.8, 4) is 0 Å². The lowest BCUT2D eigenvalue weighted by Crippen LogP contribution is -2.34. The highest BCUT2D eigenvalue weighted by Crippen LogP contribution is 2.19. The highest BCUT2D eigenvalue weighted by molar-refractivity contribution is 5.76. The molecule has 1 N–H and O–H groups in total. The van der Waals surface area contributed by atoms with E-state index in [0.29, 0.717) is 31.1 Å². The Kier molecular flexibility index (Phi) is 6.39. The maximum Gasteiger partial charge on any atom is 0.227 e. The third-order valence-corrected chi connectivity index (χ3v) is 4.87. The molecule has 1 aromatic carbocycles. The summed E-state index contributed by atoms with van der Waals surface area (Å²) in [7, 11) is 0. The molecule has 0 spiro atoms. The Morgan fingerprint density at radius 1 is 1.35 bits per heavy atom. The van der Waals surface area contributed by atoms with E-state index in [0.717, 1.165) is 25.6 Å². The summed E-state index contributed by atoms with van der Waals surface area (Å²) in [6, 6.07) is 8.38. The van der Waals surface area contributed by atoms with Crippen LogP contribution in [0, 0.1) is 12.8 Å². The van der Waals surface area contributed by atoms with Gasteiger partial charge in [0, 0.05) is 32.5 Å². The molecule has 3 rings (SSSR count). The molecule has 1 aromatic heterocycles. The minimum absolute atomic E-state index is 0.00208. The second-order valence-corrected chi connectivity index (χ2v) is 7.26. The maximum atomic E-state index is 12.1. The first kappa shape index (κ1) is 18.6. The average Bonchev–Trinajstić information content (AvgIpc) is 3.05. The van der Waals surface area contributed by atoms with Crippen LogP contribution in [0.3, 0.4) is 0 Å². The van der Waals surface area contributed by atoms with Gasteiger partial charge in [-0.25, -0.2) is 0 Å². The van der Waals surface area contributed by atoms with Crippen LogP contribution >= 0.6 is 0 Å². The number of rotatable bonds is 7. The number of piperidine rings is 1. The largest absolute Gasteiger partial charge is 0.352 e. The van der Waals surface area contributed by atoms with E-state index in [4.69, 9.17) is 4.52 Å². The monoisotopic (exact) mass is 356 g/mol. The van der Waals surface area contributed by atoms with E-state index in [9.17, 15) is 4.79 Å². The fourth-order valence-electron chi connectivity index (χ4n) is 3.50. The van der Waals surface area contributed by atoms with Gasteiger partial charge >= 0.3 is 0 Å². The van der Waals surface area contributed by atoms with Gasteiger partial charge in [0.2, 0.25) is 11.8 Å². The summed E-state index contributed by atoms with van der Waals surface area (Å²) in [6.07, 6.45) is 3.43. The molecule has 6 heteroatoms. The second-order valence-electron chi connectivity index (χ2n) is 7.26. The van der Waals surface area contributed by atoms with Gasteiger partial charge in [0.1, 0.15) is 0 Å². The highest BCUT2D eigenvalue weighted by atomic mass is 16.5. The molecule has 0 saturated carbocycles. The van der Waals surface area contributed by atoms with E-state index in [1.807, 2.05) is 6.07 Å². The van der Waals surface area contributed by atoms with Gasteiger partial charge in [-0.15, -0.1) is 0 Å². The zero-order valence-electron chi connectivity index (χ0n) is 15.7. The van der Waals surface area contributed by atoms with Gasteiger partial charge in [0.15, 0.2) is 5.82 Å². The Morgan fingerprint density at radius 2 is 2.15 bits per heavy atom. The smallest absolute Gasteiger partial charge is 0.227 e. The van der Waals surface area contributed by atoms with Crippen LogP contribution in [0.5, 0.6) is 0 Å². The maximum absolute atomic E-state index is 12.1. The standard InChI is InChI=1S/C20H28N4O2/c1-15-6-5-11-24(13-15)14-18-8-4-3-7-17(18)12-21-19(25)9-10-20-22-16(2)23-26-20/h3-4,7-8,15H,5-6,9-14H2,1-2H3,(H,21,25). The quantitative estimate of drug-likeness (QED) is 0.826. The van der Waals surface area contributed by atoms with Gasteiger partial charge in [-0.05, 0) is 43.4 Å². The Labute approximate surface area is 155 Å². The molecule has 1 fully saturated rings. The first-order chi connectivity index (χ1) is 12.6. The summed E-state index contributed by atoms with van der Waals surface area (Å²) < 4.78 is 5.04. The zero-order valence-corrected chi connectivity index (χ0v) is 15.7. The summed E-state index contributed by atoms with van der Waals surface area (Å²) >= 11 is 0. The summed E-state index contributed by atoms with van der Waals surface area (Å²) in [4.78, 5) is 18.8. The molecular formula is C20H28N4O2. The van der Waals surface area contributed by atoms with Crippen LogP contribution < -0.4 is 5.32 Å². The number of carbonyl (C=O) groups is 1. The number of aryl methyl sites for hydroxylation is 2. The first-order valence-electron chi connectivity index (χ1n) is 9.45. The molecule has 140 valence electrons. The van der Waals surface area contributed by atoms with Crippen LogP contribution in [0.15, 0.2) is 28.8 Å². The molecule has 6 nitrogen and oxygen atoms in total. The molecule has 2 aromatic rings. The molecule has 26 heavy (non-hydrogen) atoms. The van der Waals surface area contributed by atoms with Crippen LogP contribution in [0.2, 0.25) is 0 Å². The van der Waals surface area contributed by atoms with Gasteiger partial charge < -0.3 is 9.84 Å². The van der Waals surface area contributed by atoms with Gasteiger partial charge in [0.05, 0.1) is 0 Å². The van der Waals surface area contributed by atoms with Crippen molar-refractivity contribution in [3.05, 3.63) is 47.1 Å². The van der Waals surface area contributed by atoms with E-state index >= 15 is 0 Å². The van der Waals surface area contributed by atoms with Crippen molar-refractivity contribution < 1.29 is 9.32 Å². The number of amides is 1. The number of benzene rings is 1. The molecular weight excluding hydrogens is 328 g/mol. The number of nitrogens with one attached hydrogen (secondary N) is 1. The van der Waals surface area contributed by atoms with Crippen LogP contribution in [-0.2, 0) is 24.3 Å². The van der Waals surface area contributed by atoms with Crippen molar-refractivity contribution in [2.24, 2.45) is 5.92 Å². The van der Waals surface area contributed by atoms with Crippen LogP contribution in [0.4, 0.5) is 0 Å². The minimum Gasteiger partial charge on any atom is -0.352 e. The number of carbonyl (C=O) groups excluding carboxylic acids is 1. The van der Waals surface area contributed by atoms with Gasteiger partial charge in [-0.2, -0.15) is 4.98 Å². The summed E-state index contributed by atoms with van der Waals surface area (Å²) in [5.74, 6) is 1.88. The highest BCUT2D eigenvalue weighted by Gasteiger charge is 2.17. The van der Waals surface area contributed by atoms with Crippen molar-refractivity contribution in [2.45, 2.75) is 52.6 Å². The van der Waals surface area contributed by atoms with Crippen LogP contribution in [-0.4, -0.2) is 34.0 Å². The normalized spacial score (nSPS) is 18.0. The third kappa shape index (κ3) is 5.39. The molecule has 0 radical (unpaired) electrons. The SMILES string of the molecule is Cc1noc(CCC(=O)NCc2ccccc2CN2CCCC(C)C2)n1. The van der Waals surface area contributed by atoms with Crippen LogP contribution in [0.1, 0.15) is 49.0 Å². The molecule has 1 unspecified atom stereocenters. The van der Waals surface area contributed by atoms with Crippen molar-refractivity contribution >= 4 is 5.91 Å². The molecule has 0 aliphatic carbocycles. The fraction of sp³-hybridized carbons (Fsp3) is 0.550.